The van der Waals surface area contributed by atoms with Gasteiger partial charge in [-0.05, 0) is 59.1 Å². The van der Waals surface area contributed by atoms with Crippen molar-refractivity contribution in [1.82, 2.24) is 4.90 Å². The molecule has 2 aromatic carbocycles. The fraction of sp³-hybridized carbons (Fsp3) is 0.517. The fourth-order valence-electron chi connectivity index (χ4n) is 4.57. The van der Waals surface area contributed by atoms with Crippen LogP contribution in [0.2, 0.25) is 0 Å². The van der Waals surface area contributed by atoms with Gasteiger partial charge < -0.3 is 14.9 Å². The van der Waals surface area contributed by atoms with Gasteiger partial charge in [-0.25, -0.2) is 4.39 Å². The Labute approximate surface area is 208 Å². The van der Waals surface area contributed by atoms with Gasteiger partial charge in [-0.2, -0.15) is 0 Å². The van der Waals surface area contributed by atoms with Crippen LogP contribution in [0.15, 0.2) is 30.3 Å². The quantitative estimate of drug-likeness (QED) is 0.563. The highest BCUT2D eigenvalue weighted by atomic mass is 19.1. The number of aryl methyl sites for hydroxylation is 1. The van der Waals surface area contributed by atoms with E-state index in [4.69, 9.17) is 0 Å². The monoisotopic (exact) mass is 482 g/mol. The van der Waals surface area contributed by atoms with E-state index >= 15 is 0 Å². The number of ketones is 1. The maximum atomic E-state index is 14.5. The van der Waals surface area contributed by atoms with Crippen molar-refractivity contribution in [2.45, 2.75) is 72.1 Å². The van der Waals surface area contributed by atoms with Crippen molar-refractivity contribution >= 4 is 17.4 Å². The SMILES string of the molecule is CC(=O)c1ccc(N2CCN(C(=O)CCc3cc(C(C)(C)C)c(O)c(C(C)(C)C)c3)CC2)c(F)c1. The molecule has 35 heavy (non-hydrogen) atoms. The molecule has 1 heterocycles. The minimum absolute atomic E-state index is 0.0831. The van der Waals surface area contributed by atoms with Crippen LogP contribution in [-0.2, 0) is 22.0 Å². The van der Waals surface area contributed by atoms with Gasteiger partial charge in [0.05, 0.1) is 5.69 Å². The van der Waals surface area contributed by atoms with Crippen LogP contribution in [0.4, 0.5) is 10.1 Å². The zero-order valence-corrected chi connectivity index (χ0v) is 22.2. The van der Waals surface area contributed by atoms with E-state index in [0.717, 1.165) is 16.7 Å². The lowest BCUT2D eigenvalue weighted by molar-refractivity contribution is -0.131. The average molecular weight is 483 g/mol. The number of nitrogens with zero attached hydrogens (tertiary/aromatic N) is 2. The standard InChI is InChI=1S/C29H39FN2O3/c1-19(33)21-9-10-25(24(30)18-21)31-12-14-32(15-13-31)26(34)11-8-20-16-22(28(2,3)4)27(35)23(17-20)29(5,6)7/h9-10,16-18,35H,8,11-15H2,1-7H3. The molecule has 1 amide bonds. The second-order valence-corrected chi connectivity index (χ2v) is 11.6. The molecule has 1 N–H and O–H groups in total. The number of rotatable bonds is 5. The molecule has 5 nitrogen and oxygen atoms in total. The Morgan fingerprint density at radius 1 is 0.914 bits per heavy atom. The van der Waals surface area contributed by atoms with E-state index < -0.39 is 5.82 Å². The van der Waals surface area contributed by atoms with E-state index in [1.807, 2.05) is 21.9 Å². The molecule has 3 rings (SSSR count). The molecule has 1 aliphatic heterocycles. The van der Waals surface area contributed by atoms with E-state index in [1.165, 1.54) is 13.0 Å². The number of hydrogen-bond acceptors (Lipinski definition) is 4. The first-order valence-electron chi connectivity index (χ1n) is 12.4. The third-order valence-electron chi connectivity index (χ3n) is 6.74. The number of carbonyl (C=O) groups excluding carboxylic acids is 2. The van der Waals surface area contributed by atoms with Gasteiger partial charge in [-0.3, -0.25) is 9.59 Å². The Kier molecular flexibility index (Phi) is 7.63. The highest BCUT2D eigenvalue weighted by Gasteiger charge is 2.27. The molecular weight excluding hydrogens is 443 g/mol. The molecule has 0 radical (unpaired) electrons. The molecule has 1 aliphatic rings. The van der Waals surface area contributed by atoms with Gasteiger partial charge in [0, 0.05) is 38.2 Å². The summed E-state index contributed by atoms with van der Waals surface area (Å²) in [5, 5.41) is 10.9. The molecule has 0 bridgehead atoms. The molecule has 1 saturated heterocycles. The molecule has 190 valence electrons. The highest BCUT2D eigenvalue weighted by molar-refractivity contribution is 5.94. The largest absolute Gasteiger partial charge is 0.507 e. The Balaban J connectivity index is 1.66. The van der Waals surface area contributed by atoms with Gasteiger partial charge in [-0.1, -0.05) is 53.7 Å². The second kappa shape index (κ2) is 10.00. The molecule has 0 aliphatic carbocycles. The average Bonchev–Trinajstić information content (AvgIpc) is 2.76. The number of Topliss-reactive ketones (excluding diaryl/α,β-unsaturated/α-hetero) is 1. The number of phenols is 1. The summed E-state index contributed by atoms with van der Waals surface area (Å²) in [4.78, 5) is 28.2. The summed E-state index contributed by atoms with van der Waals surface area (Å²) in [6.07, 6.45) is 0.992. The molecule has 1 fully saturated rings. The zero-order valence-electron chi connectivity index (χ0n) is 22.2. The molecule has 0 aromatic heterocycles. The van der Waals surface area contributed by atoms with Crippen molar-refractivity contribution in [3.8, 4) is 5.75 Å². The second-order valence-electron chi connectivity index (χ2n) is 11.6. The lowest BCUT2D eigenvalue weighted by Crippen LogP contribution is -2.49. The van der Waals surface area contributed by atoms with E-state index in [9.17, 15) is 19.1 Å². The minimum atomic E-state index is -0.408. The summed E-state index contributed by atoms with van der Waals surface area (Å²) in [6.45, 7) is 16.1. The van der Waals surface area contributed by atoms with E-state index in [0.29, 0.717) is 56.0 Å². The van der Waals surface area contributed by atoms with Gasteiger partial charge >= 0.3 is 0 Å². The van der Waals surface area contributed by atoms with Crippen molar-refractivity contribution < 1.29 is 19.1 Å². The van der Waals surface area contributed by atoms with Crippen LogP contribution in [0, 0.1) is 5.82 Å². The van der Waals surface area contributed by atoms with Crippen LogP contribution in [0.5, 0.6) is 5.75 Å². The van der Waals surface area contributed by atoms with Crippen LogP contribution in [0.3, 0.4) is 0 Å². The first-order valence-corrected chi connectivity index (χ1v) is 12.4. The maximum Gasteiger partial charge on any atom is 0.223 e. The molecule has 0 saturated carbocycles. The van der Waals surface area contributed by atoms with E-state index in [1.54, 1.807) is 12.1 Å². The molecule has 0 unspecified atom stereocenters. The Bertz CT molecular complexity index is 1070. The summed E-state index contributed by atoms with van der Waals surface area (Å²) >= 11 is 0. The summed E-state index contributed by atoms with van der Waals surface area (Å²) in [5.74, 6) is -0.141. The van der Waals surface area contributed by atoms with Crippen LogP contribution >= 0.6 is 0 Å². The van der Waals surface area contributed by atoms with Gasteiger partial charge in [-0.15, -0.1) is 0 Å². The van der Waals surface area contributed by atoms with E-state index in [2.05, 4.69) is 41.5 Å². The predicted octanol–water partition coefficient (Wildman–Crippen LogP) is 5.61. The maximum absolute atomic E-state index is 14.5. The molecule has 6 heteroatoms. The predicted molar refractivity (Wildman–Crippen MR) is 139 cm³/mol. The van der Waals surface area contributed by atoms with Crippen molar-refractivity contribution in [2.75, 3.05) is 31.1 Å². The Hall–Kier alpha value is -2.89. The van der Waals surface area contributed by atoms with Crippen LogP contribution in [-0.4, -0.2) is 47.9 Å². The summed E-state index contributed by atoms with van der Waals surface area (Å²) < 4.78 is 14.5. The summed E-state index contributed by atoms with van der Waals surface area (Å²) in [5.41, 5.74) is 3.26. The number of amides is 1. The number of hydrogen-bond donors (Lipinski definition) is 1. The normalized spacial score (nSPS) is 14.9. The van der Waals surface area contributed by atoms with Crippen molar-refractivity contribution in [2.24, 2.45) is 0 Å². The third-order valence-corrected chi connectivity index (χ3v) is 6.74. The fourth-order valence-corrected chi connectivity index (χ4v) is 4.57. The lowest BCUT2D eigenvalue weighted by atomic mass is 9.78. The molecule has 0 spiro atoms. The van der Waals surface area contributed by atoms with Gasteiger partial charge in [0.15, 0.2) is 5.78 Å². The first kappa shape index (κ1) is 26.7. The molecule has 0 atom stereocenters. The van der Waals surface area contributed by atoms with Gasteiger partial charge in [0.1, 0.15) is 11.6 Å². The number of benzene rings is 2. The number of anilines is 1. The van der Waals surface area contributed by atoms with Gasteiger partial charge in [0.2, 0.25) is 5.91 Å². The van der Waals surface area contributed by atoms with Crippen molar-refractivity contribution in [1.29, 1.82) is 0 Å². The van der Waals surface area contributed by atoms with Gasteiger partial charge in [0.25, 0.3) is 0 Å². The smallest absolute Gasteiger partial charge is 0.223 e. The molecule has 2 aromatic rings. The number of aromatic hydroxyl groups is 1. The van der Waals surface area contributed by atoms with E-state index in [-0.39, 0.29) is 22.5 Å². The molecular formula is C29H39FN2O3. The number of carbonyl (C=O) groups is 2. The highest BCUT2D eigenvalue weighted by Crippen LogP contribution is 2.40. The van der Waals surface area contributed by atoms with Crippen LogP contribution in [0.1, 0.15) is 81.9 Å². The number of phenolic OH excluding ortho intramolecular Hbond substituents is 1. The van der Waals surface area contributed by atoms with Crippen molar-refractivity contribution in [3.05, 3.63) is 58.4 Å². The Morgan fingerprint density at radius 3 is 1.91 bits per heavy atom. The Morgan fingerprint density at radius 2 is 1.46 bits per heavy atom. The number of piperazine rings is 1. The first-order chi connectivity index (χ1) is 16.2. The zero-order chi connectivity index (χ0) is 26.1. The third kappa shape index (κ3) is 6.22. The summed E-state index contributed by atoms with van der Waals surface area (Å²) in [6, 6.07) is 8.64. The lowest BCUT2D eigenvalue weighted by Gasteiger charge is -2.36. The van der Waals surface area contributed by atoms with Crippen LogP contribution < -0.4 is 4.90 Å². The number of halogens is 1. The topological polar surface area (TPSA) is 60.9 Å². The van der Waals surface area contributed by atoms with Crippen molar-refractivity contribution in [3.63, 3.8) is 0 Å². The summed E-state index contributed by atoms with van der Waals surface area (Å²) in [7, 11) is 0. The van der Waals surface area contributed by atoms with Crippen LogP contribution in [0.25, 0.3) is 0 Å². The minimum Gasteiger partial charge on any atom is -0.507 e.